The number of nitrogens with two attached hydrogens (primary N) is 1. The van der Waals surface area contributed by atoms with E-state index >= 15 is 0 Å². The number of pyridine rings is 1. The Labute approximate surface area is 121 Å². The van der Waals surface area contributed by atoms with E-state index in [0.29, 0.717) is 16.5 Å². The van der Waals surface area contributed by atoms with Gasteiger partial charge in [-0.15, -0.1) is 0 Å². The van der Waals surface area contributed by atoms with E-state index in [2.05, 4.69) is 26.2 Å². The minimum Gasteiger partial charge on any atom is -0.368 e. The predicted molar refractivity (Wildman–Crippen MR) is 76.5 cm³/mol. The van der Waals surface area contributed by atoms with E-state index in [1.54, 1.807) is 19.2 Å². The Morgan fingerprint density at radius 1 is 1.47 bits per heavy atom. The Kier molecular flexibility index (Phi) is 5.05. The zero-order valence-electron chi connectivity index (χ0n) is 11.2. The number of nitrogens with one attached hydrogen (secondary N) is 1. The van der Waals surface area contributed by atoms with Gasteiger partial charge >= 0.3 is 0 Å². The molecule has 19 heavy (non-hydrogen) atoms. The molecule has 0 fully saturated rings. The Morgan fingerprint density at radius 2 is 2.11 bits per heavy atom. The van der Waals surface area contributed by atoms with Crippen LogP contribution in [0.2, 0.25) is 0 Å². The lowest BCUT2D eigenvalue weighted by Crippen LogP contribution is -2.56. The molecule has 0 saturated heterocycles. The molecule has 104 valence electrons. The van der Waals surface area contributed by atoms with Gasteiger partial charge in [-0.2, -0.15) is 0 Å². The SMILES string of the molecule is CC(C)C[C@](C)(NC(=O)c1cncc(Br)c1)C(N)=O. The van der Waals surface area contributed by atoms with Crippen LogP contribution in [0.4, 0.5) is 0 Å². The van der Waals surface area contributed by atoms with Gasteiger partial charge in [-0.25, -0.2) is 0 Å². The van der Waals surface area contributed by atoms with Crippen molar-refractivity contribution in [2.75, 3.05) is 0 Å². The van der Waals surface area contributed by atoms with Crippen molar-refractivity contribution in [3.63, 3.8) is 0 Å². The maximum Gasteiger partial charge on any atom is 0.253 e. The molecule has 0 radical (unpaired) electrons. The Bertz CT molecular complexity index is 491. The summed E-state index contributed by atoms with van der Waals surface area (Å²) < 4.78 is 0.699. The van der Waals surface area contributed by atoms with E-state index < -0.39 is 11.4 Å². The average molecular weight is 328 g/mol. The molecule has 2 amide bonds. The molecule has 6 heteroatoms. The molecule has 1 aromatic heterocycles. The number of rotatable bonds is 5. The van der Waals surface area contributed by atoms with Gasteiger partial charge in [0.2, 0.25) is 5.91 Å². The molecule has 0 aromatic carbocycles. The molecule has 0 aliphatic heterocycles. The molecule has 0 bridgehead atoms. The summed E-state index contributed by atoms with van der Waals surface area (Å²) in [7, 11) is 0. The summed E-state index contributed by atoms with van der Waals surface area (Å²) in [6, 6.07) is 1.64. The summed E-state index contributed by atoms with van der Waals surface area (Å²) in [6.45, 7) is 5.57. The molecule has 1 heterocycles. The van der Waals surface area contributed by atoms with Gasteiger partial charge in [0.25, 0.3) is 5.91 Å². The van der Waals surface area contributed by atoms with Crippen molar-refractivity contribution in [1.29, 1.82) is 0 Å². The van der Waals surface area contributed by atoms with Crippen LogP contribution in [0.15, 0.2) is 22.9 Å². The van der Waals surface area contributed by atoms with Gasteiger partial charge in [0.1, 0.15) is 5.54 Å². The maximum absolute atomic E-state index is 12.1. The summed E-state index contributed by atoms with van der Waals surface area (Å²) in [5, 5.41) is 2.69. The zero-order chi connectivity index (χ0) is 14.6. The topological polar surface area (TPSA) is 85.1 Å². The smallest absolute Gasteiger partial charge is 0.253 e. The number of hydrogen-bond donors (Lipinski definition) is 2. The number of carbonyl (C=O) groups is 2. The molecular formula is C13H18BrN3O2. The van der Waals surface area contributed by atoms with Crippen molar-refractivity contribution in [3.8, 4) is 0 Å². The van der Waals surface area contributed by atoms with Crippen molar-refractivity contribution in [3.05, 3.63) is 28.5 Å². The summed E-state index contributed by atoms with van der Waals surface area (Å²) in [5.74, 6) is -0.674. The van der Waals surface area contributed by atoms with Gasteiger partial charge in [0.05, 0.1) is 5.56 Å². The standard InChI is InChI=1S/C13H18BrN3O2/c1-8(2)5-13(3,12(15)19)17-11(18)9-4-10(14)7-16-6-9/h4,6-8H,5H2,1-3H3,(H2,15,19)(H,17,18)/t13-/m0/s1. The summed E-state index contributed by atoms with van der Waals surface area (Å²) in [5.41, 5.74) is 4.72. The Morgan fingerprint density at radius 3 is 2.58 bits per heavy atom. The van der Waals surface area contributed by atoms with E-state index in [0.717, 1.165) is 0 Å². The molecule has 1 rings (SSSR count). The van der Waals surface area contributed by atoms with Gasteiger partial charge in [0, 0.05) is 16.9 Å². The molecule has 0 unspecified atom stereocenters. The van der Waals surface area contributed by atoms with Crippen LogP contribution in [0, 0.1) is 5.92 Å². The lowest BCUT2D eigenvalue weighted by atomic mass is 9.89. The summed E-state index contributed by atoms with van der Waals surface area (Å²) in [4.78, 5) is 27.6. The van der Waals surface area contributed by atoms with Crippen LogP contribution in [0.25, 0.3) is 0 Å². The second kappa shape index (κ2) is 6.14. The van der Waals surface area contributed by atoms with E-state index in [9.17, 15) is 9.59 Å². The third-order valence-corrected chi connectivity index (χ3v) is 3.15. The van der Waals surface area contributed by atoms with Crippen LogP contribution >= 0.6 is 15.9 Å². The van der Waals surface area contributed by atoms with E-state index in [-0.39, 0.29) is 11.8 Å². The lowest BCUT2D eigenvalue weighted by molar-refractivity contribution is -0.124. The van der Waals surface area contributed by atoms with Gasteiger partial charge in [0.15, 0.2) is 0 Å². The van der Waals surface area contributed by atoms with Crippen LogP contribution in [0.1, 0.15) is 37.6 Å². The van der Waals surface area contributed by atoms with E-state index in [1.165, 1.54) is 6.20 Å². The number of hydrogen-bond acceptors (Lipinski definition) is 3. The fourth-order valence-electron chi connectivity index (χ4n) is 1.89. The molecule has 3 N–H and O–H groups in total. The van der Waals surface area contributed by atoms with Crippen molar-refractivity contribution >= 4 is 27.7 Å². The zero-order valence-corrected chi connectivity index (χ0v) is 12.8. The van der Waals surface area contributed by atoms with Crippen LogP contribution in [-0.4, -0.2) is 22.3 Å². The van der Waals surface area contributed by atoms with E-state index in [1.807, 2.05) is 13.8 Å². The first-order valence-electron chi connectivity index (χ1n) is 5.97. The molecule has 1 aromatic rings. The number of nitrogens with zero attached hydrogens (tertiary/aromatic N) is 1. The Balaban J connectivity index is 2.91. The molecule has 0 spiro atoms. The fourth-order valence-corrected chi connectivity index (χ4v) is 2.25. The quantitative estimate of drug-likeness (QED) is 0.865. The van der Waals surface area contributed by atoms with Gasteiger partial charge in [-0.1, -0.05) is 13.8 Å². The first-order valence-corrected chi connectivity index (χ1v) is 6.77. The van der Waals surface area contributed by atoms with Crippen molar-refractivity contribution in [2.45, 2.75) is 32.7 Å². The second-order valence-corrected chi connectivity index (χ2v) is 6.06. The highest BCUT2D eigenvalue weighted by Gasteiger charge is 2.33. The lowest BCUT2D eigenvalue weighted by Gasteiger charge is -2.29. The molecule has 0 aliphatic carbocycles. The predicted octanol–water partition coefficient (Wildman–Crippen LogP) is 1.86. The number of primary amides is 1. The summed E-state index contributed by atoms with van der Waals surface area (Å²) >= 11 is 3.25. The van der Waals surface area contributed by atoms with Crippen LogP contribution in [-0.2, 0) is 4.79 Å². The first-order chi connectivity index (χ1) is 8.74. The van der Waals surface area contributed by atoms with Crippen LogP contribution in [0.3, 0.4) is 0 Å². The third-order valence-electron chi connectivity index (χ3n) is 2.72. The monoisotopic (exact) mass is 327 g/mol. The maximum atomic E-state index is 12.1. The second-order valence-electron chi connectivity index (χ2n) is 5.14. The van der Waals surface area contributed by atoms with Gasteiger partial charge in [-0.3, -0.25) is 14.6 Å². The largest absolute Gasteiger partial charge is 0.368 e. The number of carbonyl (C=O) groups excluding carboxylic acids is 2. The minimum absolute atomic E-state index is 0.235. The normalized spacial score (nSPS) is 13.9. The fraction of sp³-hybridized carbons (Fsp3) is 0.462. The molecule has 0 aliphatic rings. The molecular weight excluding hydrogens is 310 g/mol. The van der Waals surface area contributed by atoms with Crippen LogP contribution in [0.5, 0.6) is 0 Å². The summed E-state index contributed by atoms with van der Waals surface area (Å²) in [6.07, 6.45) is 3.50. The highest BCUT2D eigenvalue weighted by molar-refractivity contribution is 9.10. The molecule has 1 atom stereocenters. The number of aromatic nitrogens is 1. The van der Waals surface area contributed by atoms with Crippen molar-refractivity contribution in [1.82, 2.24) is 10.3 Å². The minimum atomic E-state index is -1.06. The highest BCUT2D eigenvalue weighted by Crippen LogP contribution is 2.17. The van der Waals surface area contributed by atoms with Gasteiger partial charge in [-0.05, 0) is 41.3 Å². The van der Waals surface area contributed by atoms with Crippen molar-refractivity contribution in [2.24, 2.45) is 11.7 Å². The number of halogens is 1. The van der Waals surface area contributed by atoms with Crippen LogP contribution < -0.4 is 11.1 Å². The third kappa shape index (κ3) is 4.31. The average Bonchev–Trinajstić information content (AvgIpc) is 2.27. The highest BCUT2D eigenvalue weighted by atomic mass is 79.9. The molecule has 5 nitrogen and oxygen atoms in total. The Hall–Kier alpha value is -1.43. The van der Waals surface area contributed by atoms with Gasteiger partial charge < -0.3 is 11.1 Å². The van der Waals surface area contributed by atoms with Crippen molar-refractivity contribution < 1.29 is 9.59 Å². The van der Waals surface area contributed by atoms with E-state index in [4.69, 9.17) is 5.73 Å². The number of amides is 2. The first kappa shape index (κ1) is 15.6. The molecule has 0 saturated carbocycles.